The van der Waals surface area contributed by atoms with E-state index in [1.807, 2.05) is 19.1 Å². The van der Waals surface area contributed by atoms with Gasteiger partial charge >= 0.3 is 6.47 Å². The van der Waals surface area contributed by atoms with E-state index in [-0.39, 0.29) is 6.47 Å². The average molecular weight is 207 g/mol. The van der Waals surface area contributed by atoms with Crippen molar-refractivity contribution in [2.75, 3.05) is 14.1 Å². The minimum atomic E-state index is 0.280. The van der Waals surface area contributed by atoms with Gasteiger partial charge in [-0.1, -0.05) is 11.2 Å². The first-order valence-corrected chi connectivity index (χ1v) is 4.43. The number of amidine groups is 1. The molecule has 0 radical (unpaired) electrons. The largest absolute Gasteiger partial charge is 0.358 e. The predicted molar refractivity (Wildman–Crippen MR) is 56.3 cm³/mol. The molecule has 0 N–H and O–H groups in total. The van der Waals surface area contributed by atoms with Gasteiger partial charge in [-0.2, -0.15) is 0 Å². The van der Waals surface area contributed by atoms with Gasteiger partial charge in [0, 0.05) is 20.3 Å². The minimum absolute atomic E-state index is 0.280. The lowest BCUT2D eigenvalue weighted by atomic mass is 10.2. The molecule has 0 aromatic carbocycles. The molecule has 0 aliphatic carbocycles. The lowest BCUT2D eigenvalue weighted by molar-refractivity contribution is -0.128. The number of carbonyl (C=O) groups is 1. The number of nitrogens with zero attached hydrogens (tertiary/aromatic N) is 3. The van der Waals surface area contributed by atoms with Crippen molar-refractivity contribution < 1.29 is 9.63 Å². The Morgan fingerprint density at radius 1 is 1.60 bits per heavy atom. The maximum atomic E-state index is 10.1. The van der Waals surface area contributed by atoms with Crippen molar-refractivity contribution in [2.45, 2.75) is 6.92 Å². The van der Waals surface area contributed by atoms with Crippen LogP contribution in [0.15, 0.2) is 23.5 Å². The highest BCUT2D eigenvalue weighted by Crippen LogP contribution is 2.06. The molecule has 1 heterocycles. The van der Waals surface area contributed by atoms with Gasteiger partial charge in [-0.3, -0.25) is 9.78 Å². The van der Waals surface area contributed by atoms with Crippen LogP contribution in [0.25, 0.3) is 0 Å². The summed E-state index contributed by atoms with van der Waals surface area (Å²) in [5, 5.41) is 3.68. The molecule has 0 unspecified atom stereocenters. The number of hydrogen-bond acceptors (Lipinski definition) is 4. The number of pyridine rings is 1. The number of aryl methyl sites for hydroxylation is 1. The molecule has 0 fully saturated rings. The molecule has 5 heteroatoms. The number of aromatic nitrogens is 1. The number of carbonyl (C=O) groups excluding carboxylic acids is 1. The molecule has 80 valence electrons. The normalized spacial score (nSPS) is 11.0. The summed E-state index contributed by atoms with van der Waals surface area (Å²) in [6.45, 7) is 2.20. The van der Waals surface area contributed by atoms with Crippen molar-refractivity contribution in [3.8, 4) is 0 Å². The lowest BCUT2D eigenvalue weighted by Gasteiger charge is -2.14. The molecule has 0 bridgehead atoms. The molecular weight excluding hydrogens is 194 g/mol. The van der Waals surface area contributed by atoms with Crippen molar-refractivity contribution in [1.29, 1.82) is 0 Å². The highest BCUT2D eigenvalue weighted by Gasteiger charge is 2.10. The van der Waals surface area contributed by atoms with Gasteiger partial charge in [0.2, 0.25) is 0 Å². The molecule has 0 spiro atoms. The second-order valence-electron chi connectivity index (χ2n) is 3.18. The second-order valence-corrected chi connectivity index (χ2v) is 3.18. The Morgan fingerprint density at radius 3 is 2.87 bits per heavy atom. The van der Waals surface area contributed by atoms with Crippen molar-refractivity contribution in [3.63, 3.8) is 0 Å². The van der Waals surface area contributed by atoms with E-state index in [9.17, 15) is 4.79 Å². The monoisotopic (exact) mass is 207 g/mol. The molecule has 15 heavy (non-hydrogen) atoms. The maximum absolute atomic E-state index is 10.1. The van der Waals surface area contributed by atoms with Crippen LogP contribution in [0.2, 0.25) is 0 Å². The van der Waals surface area contributed by atoms with Crippen LogP contribution in [0.1, 0.15) is 11.3 Å². The third kappa shape index (κ3) is 2.77. The topological polar surface area (TPSA) is 54.8 Å². The van der Waals surface area contributed by atoms with Gasteiger partial charge in [-0.25, -0.2) is 0 Å². The summed E-state index contributed by atoms with van der Waals surface area (Å²) in [5.41, 5.74) is 1.67. The summed E-state index contributed by atoms with van der Waals surface area (Å²) in [6.07, 6.45) is 1.67. The van der Waals surface area contributed by atoms with Crippen molar-refractivity contribution in [2.24, 2.45) is 5.16 Å². The van der Waals surface area contributed by atoms with Crippen LogP contribution in [0, 0.1) is 6.92 Å². The third-order valence-electron chi connectivity index (χ3n) is 1.83. The van der Waals surface area contributed by atoms with E-state index in [0.717, 1.165) is 5.56 Å². The summed E-state index contributed by atoms with van der Waals surface area (Å²) in [5.74, 6) is 0.514. The highest BCUT2D eigenvalue weighted by atomic mass is 16.7. The van der Waals surface area contributed by atoms with E-state index in [1.165, 1.54) is 0 Å². The van der Waals surface area contributed by atoms with E-state index in [2.05, 4.69) is 15.0 Å². The molecule has 0 aliphatic heterocycles. The Balaban J connectivity index is 3.10. The van der Waals surface area contributed by atoms with E-state index < -0.39 is 0 Å². The van der Waals surface area contributed by atoms with Gasteiger partial charge in [0.25, 0.3) is 0 Å². The Labute approximate surface area is 88.4 Å². The molecule has 0 saturated heterocycles. The Morgan fingerprint density at radius 2 is 2.33 bits per heavy atom. The maximum Gasteiger partial charge on any atom is 0.323 e. The summed E-state index contributed by atoms with van der Waals surface area (Å²) < 4.78 is 0. The zero-order valence-corrected chi connectivity index (χ0v) is 8.97. The number of rotatable bonds is 3. The van der Waals surface area contributed by atoms with Crippen molar-refractivity contribution in [3.05, 3.63) is 29.6 Å². The zero-order chi connectivity index (χ0) is 11.3. The third-order valence-corrected chi connectivity index (χ3v) is 1.83. The second kappa shape index (κ2) is 5.09. The van der Waals surface area contributed by atoms with Crippen molar-refractivity contribution >= 4 is 12.3 Å². The molecule has 0 saturated carbocycles. The molecule has 0 amide bonds. The van der Waals surface area contributed by atoms with Crippen LogP contribution >= 0.6 is 0 Å². The first-order valence-electron chi connectivity index (χ1n) is 4.43. The molecule has 5 nitrogen and oxygen atoms in total. The molecule has 1 aromatic rings. The standard InChI is InChI=1S/C10H13N3O2/c1-8-5-4-6-11-9(8)10(13(2)3)12-15-7-14/h4-7H,1-3H3/b12-10-. The van der Waals surface area contributed by atoms with Crippen LogP contribution < -0.4 is 0 Å². The fourth-order valence-corrected chi connectivity index (χ4v) is 1.13. The van der Waals surface area contributed by atoms with Gasteiger partial charge in [0.15, 0.2) is 5.84 Å². The fraction of sp³-hybridized carbons (Fsp3) is 0.300. The molecule has 1 rings (SSSR count). The Hall–Kier alpha value is -1.91. The number of hydrogen-bond donors (Lipinski definition) is 0. The summed E-state index contributed by atoms with van der Waals surface area (Å²) in [4.78, 5) is 20.4. The van der Waals surface area contributed by atoms with Gasteiger partial charge in [-0.05, 0) is 18.6 Å². The van der Waals surface area contributed by atoms with Gasteiger partial charge in [0.05, 0.1) is 0 Å². The van der Waals surface area contributed by atoms with E-state index >= 15 is 0 Å². The van der Waals surface area contributed by atoms with Gasteiger partial charge in [-0.15, -0.1) is 0 Å². The lowest BCUT2D eigenvalue weighted by Crippen LogP contribution is -2.25. The Bertz CT molecular complexity index is 375. The first kappa shape index (κ1) is 11.2. The predicted octanol–water partition coefficient (Wildman–Crippen LogP) is 0.786. The van der Waals surface area contributed by atoms with Crippen LogP contribution in [-0.2, 0) is 9.63 Å². The highest BCUT2D eigenvalue weighted by molar-refractivity contribution is 5.97. The van der Waals surface area contributed by atoms with E-state index in [0.29, 0.717) is 11.5 Å². The molecule has 1 aromatic heterocycles. The summed E-state index contributed by atoms with van der Waals surface area (Å²) in [7, 11) is 3.61. The van der Waals surface area contributed by atoms with Crippen LogP contribution in [-0.4, -0.2) is 36.3 Å². The Kier molecular flexibility index (Phi) is 3.79. The molecular formula is C10H13N3O2. The zero-order valence-electron chi connectivity index (χ0n) is 8.97. The van der Waals surface area contributed by atoms with Crippen molar-refractivity contribution in [1.82, 2.24) is 9.88 Å². The SMILES string of the molecule is Cc1cccnc1/C(=N/OC=O)N(C)C. The smallest absolute Gasteiger partial charge is 0.323 e. The van der Waals surface area contributed by atoms with Crippen LogP contribution in [0.4, 0.5) is 0 Å². The number of oxime groups is 1. The summed E-state index contributed by atoms with van der Waals surface area (Å²) >= 11 is 0. The summed E-state index contributed by atoms with van der Waals surface area (Å²) in [6, 6.07) is 3.76. The minimum Gasteiger partial charge on any atom is -0.358 e. The van der Waals surface area contributed by atoms with Crippen LogP contribution in [0.3, 0.4) is 0 Å². The average Bonchev–Trinajstić information content (AvgIpc) is 2.20. The fourth-order valence-electron chi connectivity index (χ4n) is 1.13. The quantitative estimate of drug-likeness (QED) is 0.242. The molecule has 0 atom stereocenters. The van der Waals surface area contributed by atoms with Gasteiger partial charge in [0.1, 0.15) is 5.69 Å². The van der Waals surface area contributed by atoms with E-state index in [1.54, 1.807) is 25.2 Å². The van der Waals surface area contributed by atoms with Crippen LogP contribution in [0.5, 0.6) is 0 Å². The first-order chi connectivity index (χ1) is 7.16. The molecule has 0 aliphatic rings. The van der Waals surface area contributed by atoms with Gasteiger partial charge < -0.3 is 9.74 Å². The van der Waals surface area contributed by atoms with E-state index in [4.69, 9.17) is 0 Å².